The maximum Gasteiger partial charge on any atom is 0.261 e. The summed E-state index contributed by atoms with van der Waals surface area (Å²) in [6.07, 6.45) is 4.93. The van der Waals surface area contributed by atoms with Crippen LogP contribution in [-0.2, 0) is 19.1 Å². The summed E-state index contributed by atoms with van der Waals surface area (Å²) in [5.74, 6) is -0.471. The summed E-state index contributed by atoms with van der Waals surface area (Å²) in [5, 5.41) is 2.93. The van der Waals surface area contributed by atoms with E-state index in [1.165, 1.54) is 6.07 Å². The van der Waals surface area contributed by atoms with Crippen molar-refractivity contribution in [2.75, 3.05) is 77.6 Å². The van der Waals surface area contributed by atoms with Gasteiger partial charge in [-0.2, -0.15) is 0 Å². The number of carbonyl (C=O) groups excluding carboxylic acids is 2. The lowest BCUT2D eigenvalue weighted by Crippen LogP contribution is -2.51. The summed E-state index contributed by atoms with van der Waals surface area (Å²) in [5.41, 5.74) is 0.151. The zero-order valence-corrected chi connectivity index (χ0v) is 23.7. The molecular formula is C30H44F2N4O4. The summed E-state index contributed by atoms with van der Waals surface area (Å²) in [6, 6.07) is 5.28. The van der Waals surface area contributed by atoms with Crippen LogP contribution in [0.2, 0.25) is 0 Å². The van der Waals surface area contributed by atoms with Crippen molar-refractivity contribution < 1.29 is 27.8 Å². The van der Waals surface area contributed by atoms with Gasteiger partial charge in [0.2, 0.25) is 11.6 Å². The highest BCUT2D eigenvalue weighted by Gasteiger charge is 2.49. The minimum absolute atomic E-state index is 0.0506. The maximum atomic E-state index is 15.9. The van der Waals surface area contributed by atoms with Gasteiger partial charge in [-0.25, -0.2) is 8.78 Å². The number of halogens is 2. The van der Waals surface area contributed by atoms with E-state index in [1.807, 2.05) is 6.07 Å². The van der Waals surface area contributed by atoms with E-state index in [9.17, 15) is 14.0 Å². The van der Waals surface area contributed by atoms with Gasteiger partial charge in [0.05, 0.1) is 6.61 Å². The zero-order chi connectivity index (χ0) is 28.1. The van der Waals surface area contributed by atoms with Crippen LogP contribution in [-0.4, -0.2) is 106 Å². The Morgan fingerprint density at radius 2 is 1.77 bits per heavy atom. The molecule has 4 saturated heterocycles. The van der Waals surface area contributed by atoms with Crippen LogP contribution in [0.4, 0.5) is 14.5 Å². The predicted molar refractivity (Wildman–Crippen MR) is 149 cm³/mol. The molecule has 1 N–H and O–H groups in total. The Morgan fingerprint density at radius 1 is 1.05 bits per heavy atom. The summed E-state index contributed by atoms with van der Waals surface area (Å²) >= 11 is 0. The number of hydrogen-bond donors (Lipinski definition) is 1. The van der Waals surface area contributed by atoms with E-state index in [1.54, 1.807) is 18.1 Å². The molecule has 0 aliphatic carbocycles. The first-order valence-corrected chi connectivity index (χ1v) is 15.0. The van der Waals surface area contributed by atoms with E-state index in [2.05, 4.69) is 15.1 Å². The normalized spacial score (nSPS) is 25.9. The summed E-state index contributed by atoms with van der Waals surface area (Å²) < 4.78 is 40.7. The molecule has 0 bridgehead atoms. The first-order chi connectivity index (χ1) is 19.4. The number of rotatable bonds is 8. The molecule has 0 radical (unpaired) electrons. The van der Waals surface area contributed by atoms with Gasteiger partial charge >= 0.3 is 0 Å². The Morgan fingerprint density at radius 3 is 2.48 bits per heavy atom. The highest BCUT2D eigenvalue weighted by Crippen LogP contribution is 2.38. The van der Waals surface area contributed by atoms with Gasteiger partial charge in [-0.3, -0.25) is 14.5 Å². The molecule has 10 heteroatoms. The van der Waals surface area contributed by atoms with E-state index in [-0.39, 0.29) is 42.4 Å². The average Bonchev–Trinajstić information content (AvgIpc) is 3.40. The Bertz CT molecular complexity index is 1020. The molecule has 0 aromatic heterocycles. The lowest BCUT2D eigenvalue weighted by atomic mass is 9.86. The first kappa shape index (κ1) is 29.2. The van der Waals surface area contributed by atoms with Gasteiger partial charge in [0.15, 0.2) is 0 Å². The van der Waals surface area contributed by atoms with Gasteiger partial charge in [0.25, 0.3) is 5.91 Å². The fourth-order valence-electron chi connectivity index (χ4n) is 6.95. The quantitative estimate of drug-likeness (QED) is 0.491. The summed E-state index contributed by atoms with van der Waals surface area (Å²) in [6.45, 7) is 5.58. The molecule has 4 aliphatic heterocycles. The van der Waals surface area contributed by atoms with Crippen LogP contribution >= 0.6 is 0 Å². The molecule has 2 amide bonds. The van der Waals surface area contributed by atoms with Crippen LogP contribution in [0.3, 0.4) is 0 Å². The Balaban J connectivity index is 1.16. The molecule has 1 aromatic rings. The molecule has 222 valence electrons. The third kappa shape index (κ3) is 6.60. The van der Waals surface area contributed by atoms with E-state index in [0.717, 1.165) is 36.9 Å². The number of nitrogens with zero attached hydrogens (tertiary/aromatic N) is 3. The Kier molecular flexibility index (Phi) is 9.58. The van der Waals surface area contributed by atoms with E-state index < -0.39 is 5.67 Å². The third-order valence-corrected chi connectivity index (χ3v) is 9.37. The molecular weight excluding hydrogens is 518 g/mol. The van der Waals surface area contributed by atoms with E-state index >= 15 is 4.39 Å². The number of anilines is 1. The largest absolute Gasteiger partial charge is 0.383 e. The number of ether oxygens (including phenoxy) is 2. The van der Waals surface area contributed by atoms with Crippen molar-refractivity contribution in [3.05, 3.63) is 29.6 Å². The highest BCUT2D eigenvalue weighted by atomic mass is 19.1. The zero-order valence-electron chi connectivity index (χ0n) is 23.7. The number of likely N-dealkylation sites (tertiary alicyclic amines) is 2. The average molecular weight is 563 g/mol. The number of methoxy groups -OCH3 is 1. The SMILES string of the molecule is COCCNC(=O)C1CCN(c2cc(F)ccc2C2CCN(C(=O)[C@@]3(F)CCN(C4CCOCC4)C3)CC2)CC1. The number of carbonyl (C=O) groups is 2. The number of benzene rings is 1. The highest BCUT2D eigenvalue weighted by molar-refractivity contribution is 5.86. The molecule has 4 heterocycles. The van der Waals surface area contributed by atoms with Crippen LogP contribution < -0.4 is 10.2 Å². The van der Waals surface area contributed by atoms with Crippen LogP contribution in [0, 0.1) is 11.7 Å². The number of amides is 2. The smallest absolute Gasteiger partial charge is 0.261 e. The molecule has 40 heavy (non-hydrogen) atoms. The number of piperidine rings is 2. The molecule has 8 nitrogen and oxygen atoms in total. The predicted octanol–water partition coefficient (Wildman–Crippen LogP) is 3.10. The van der Waals surface area contributed by atoms with E-state index in [0.29, 0.717) is 78.0 Å². The van der Waals surface area contributed by atoms with Gasteiger partial charge < -0.3 is 24.6 Å². The van der Waals surface area contributed by atoms with Crippen LogP contribution in [0.15, 0.2) is 18.2 Å². The van der Waals surface area contributed by atoms with Crippen molar-refractivity contribution in [1.29, 1.82) is 0 Å². The molecule has 4 aliphatic rings. The second-order valence-corrected chi connectivity index (χ2v) is 11.8. The molecule has 5 rings (SSSR count). The summed E-state index contributed by atoms with van der Waals surface area (Å²) in [4.78, 5) is 31.8. The molecule has 0 unspecified atom stereocenters. The number of nitrogens with one attached hydrogen (secondary N) is 1. The topological polar surface area (TPSA) is 74.4 Å². The van der Waals surface area contributed by atoms with Crippen molar-refractivity contribution >= 4 is 17.5 Å². The minimum Gasteiger partial charge on any atom is -0.383 e. The van der Waals surface area contributed by atoms with Crippen molar-refractivity contribution in [2.24, 2.45) is 5.92 Å². The molecule has 1 atom stereocenters. The first-order valence-electron chi connectivity index (χ1n) is 15.0. The van der Waals surface area contributed by atoms with E-state index in [4.69, 9.17) is 9.47 Å². The maximum absolute atomic E-state index is 15.9. The second kappa shape index (κ2) is 13.1. The lowest BCUT2D eigenvalue weighted by Gasteiger charge is -2.39. The van der Waals surface area contributed by atoms with Gasteiger partial charge in [-0.05, 0) is 62.1 Å². The van der Waals surface area contributed by atoms with Crippen molar-refractivity contribution in [3.63, 3.8) is 0 Å². The van der Waals surface area contributed by atoms with Gasteiger partial charge in [-0.15, -0.1) is 0 Å². The van der Waals surface area contributed by atoms with Crippen LogP contribution in [0.5, 0.6) is 0 Å². The second-order valence-electron chi connectivity index (χ2n) is 11.8. The third-order valence-electron chi connectivity index (χ3n) is 9.37. The van der Waals surface area contributed by atoms with Gasteiger partial charge in [0.1, 0.15) is 5.82 Å². The fraction of sp³-hybridized carbons (Fsp3) is 0.733. The Labute approximate surface area is 236 Å². The monoisotopic (exact) mass is 562 g/mol. The van der Waals surface area contributed by atoms with Crippen molar-refractivity contribution in [1.82, 2.24) is 15.1 Å². The number of hydrogen-bond acceptors (Lipinski definition) is 6. The molecule has 0 saturated carbocycles. The molecule has 1 aromatic carbocycles. The summed E-state index contributed by atoms with van der Waals surface area (Å²) in [7, 11) is 1.61. The van der Waals surface area contributed by atoms with Crippen molar-refractivity contribution in [3.8, 4) is 0 Å². The molecule has 4 fully saturated rings. The van der Waals surface area contributed by atoms with Crippen LogP contribution in [0.1, 0.15) is 56.4 Å². The Hall–Kier alpha value is -2.30. The number of alkyl halides is 1. The van der Waals surface area contributed by atoms with Gasteiger partial charge in [0, 0.05) is 90.2 Å². The molecule has 0 spiro atoms. The van der Waals surface area contributed by atoms with Crippen LogP contribution in [0.25, 0.3) is 0 Å². The standard InChI is InChI=1S/C30H44F2N4O4/c1-39-19-11-33-28(37)23-6-12-34(13-7-23)27-20-24(31)2-3-26(27)22-4-14-35(15-5-22)29(38)30(32)10-16-36(21-30)25-8-17-40-18-9-25/h2-3,20,22-23,25H,4-19,21H2,1H3,(H,33,37)/t30-/m1/s1. The lowest BCUT2D eigenvalue weighted by molar-refractivity contribution is -0.144. The van der Waals surface area contributed by atoms with Gasteiger partial charge in [-0.1, -0.05) is 6.07 Å². The van der Waals surface area contributed by atoms with Crippen molar-refractivity contribution in [2.45, 2.75) is 62.6 Å². The minimum atomic E-state index is -1.81. The fourth-order valence-corrected chi connectivity index (χ4v) is 6.95.